The van der Waals surface area contributed by atoms with E-state index in [0.717, 1.165) is 51.4 Å². The Hall–Kier alpha value is -0.730. The summed E-state index contributed by atoms with van der Waals surface area (Å²) >= 11 is 0. The van der Waals surface area contributed by atoms with Gasteiger partial charge in [0.25, 0.3) is 0 Å². The molecule has 0 amide bonds. The van der Waals surface area contributed by atoms with Gasteiger partial charge in [0.15, 0.2) is 0 Å². The summed E-state index contributed by atoms with van der Waals surface area (Å²) in [5.41, 5.74) is -1.74. The van der Waals surface area contributed by atoms with Gasteiger partial charge in [-0.05, 0) is 101 Å². The molecule has 0 aliphatic heterocycles. The van der Waals surface area contributed by atoms with Crippen LogP contribution in [0.4, 0.5) is 0 Å². The van der Waals surface area contributed by atoms with Crippen molar-refractivity contribution in [2.24, 2.45) is 28.6 Å². The molecule has 35 heavy (non-hydrogen) atoms. The van der Waals surface area contributed by atoms with Gasteiger partial charge in [0, 0.05) is 25.0 Å². The van der Waals surface area contributed by atoms with Crippen LogP contribution >= 0.6 is 0 Å². The fraction of sp³-hybridized carbons (Fsp3) is 0.964. The molecule has 202 valence electrons. The summed E-state index contributed by atoms with van der Waals surface area (Å²) in [6, 6.07) is 0. The normalized spacial score (nSPS) is 44.9. The first-order chi connectivity index (χ1) is 16.7. The monoisotopic (exact) mass is 496 g/mol. The highest BCUT2D eigenvalue weighted by Gasteiger charge is 2.72. The molecule has 0 heterocycles. The predicted molar refractivity (Wildman–Crippen MR) is 132 cm³/mol. The Morgan fingerprint density at radius 2 is 1.66 bits per heavy atom. The highest BCUT2D eigenvalue weighted by molar-refractivity contribution is 5.66. The largest absolute Gasteiger partial charge is 0.481 e. The van der Waals surface area contributed by atoms with Crippen LogP contribution in [-0.2, 0) is 23.7 Å². The van der Waals surface area contributed by atoms with Gasteiger partial charge in [-0.1, -0.05) is 13.8 Å². The lowest BCUT2D eigenvalue weighted by atomic mass is 9.43. The Balaban J connectivity index is 1.58. The number of aliphatic hydroxyl groups is 1. The Morgan fingerprint density at radius 3 is 2.37 bits per heavy atom. The molecular weight excluding hydrogens is 448 g/mol. The van der Waals surface area contributed by atoms with Crippen molar-refractivity contribution in [3.05, 3.63) is 0 Å². The molecule has 0 bridgehead atoms. The van der Waals surface area contributed by atoms with E-state index >= 15 is 0 Å². The number of hydrogen-bond donors (Lipinski definition) is 2. The lowest BCUT2D eigenvalue weighted by Gasteiger charge is -2.65. The number of fused-ring (bicyclic) bond motifs is 5. The van der Waals surface area contributed by atoms with E-state index in [-0.39, 0.29) is 31.2 Å². The second kappa shape index (κ2) is 10.6. The zero-order chi connectivity index (χ0) is 25.3. The molecule has 0 radical (unpaired) electrons. The van der Waals surface area contributed by atoms with E-state index < -0.39 is 22.6 Å². The lowest BCUT2D eigenvalue weighted by Crippen LogP contribution is -2.66. The molecule has 4 aliphatic carbocycles. The van der Waals surface area contributed by atoms with Crippen LogP contribution < -0.4 is 0 Å². The molecule has 0 saturated heterocycles. The summed E-state index contributed by atoms with van der Waals surface area (Å²) in [5.74, 6) is 0.665. The fourth-order valence-electron chi connectivity index (χ4n) is 8.93. The summed E-state index contributed by atoms with van der Waals surface area (Å²) in [6.45, 7) is 10.5. The van der Waals surface area contributed by atoms with Crippen molar-refractivity contribution in [1.29, 1.82) is 0 Å². The van der Waals surface area contributed by atoms with Crippen LogP contribution in [-0.4, -0.2) is 60.3 Å². The maximum Gasteiger partial charge on any atom is 0.303 e. The third-order valence-electron chi connectivity index (χ3n) is 11.0. The van der Waals surface area contributed by atoms with E-state index in [4.69, 9.17) is 18.9 Å². The van der Waals surface area contributed by atoms with Gasteiger partial charge in [0.2, 0.25) is 0 Å². The van der Waals surface area contributed by atoms with Crippen LogP contribution in [0.2, 0.25) is 0 Å². The number of rotatable bonds is 11. The van der Waals surface area contributed by atoms with Gasteiger partial charge in [0.1, 0.15) is 13.6 Å². The van der Waals surface area contributed by atoms with Gasteiger partial charge in [-0.15, -0.1) is 0 Å². The van der Waals surface area contributed by atoms with Gasteiger partial charge >= 0.3 is 5.97 Å². The fourth-order valence-corrected chi connectivity index (χ4v) is 8.93. The summed E-state index contributed by atoms with van der Waals surface area (Å²) in [4.78, 5) is 11.4. The third-order valence-corrected chi connectivity index (χ3v) is 11.0. The average Bonchev–Trinajstić information content (AvgIpc) is 3.06. The Kier molecular flexibility index (Phi) is 8.24. The van der Waals surface area contributed by atoms with Crippen LogP contribution in [0.25, 0.3) is 0 Å². The van der Waals surface area contributed by atoms with Crippen molar-refractivity contribution in [2.45, 2.75) is 116 Å². The van der Waals surface area contributed by atoms with Crippen molar-refractivity contribution >= 4 is 5.97 Å². The summed E-state index contributed by atoms with van der Waals surface area (Å²) < 4.78 is 23.9. The summed E-state index contributed by atoms with van der Waals surface area (Å²) in [7, 11) is 0. The summed E-state index contributed by atoms with van der Waals surface area (Å²) in [6.07, 6.45) is 9.40. The van der Waals surface area contributed by atoms with Crippen LogP contribution in [0.1, 0.15) is 98.3 Å². The first-order valence-corrected chi connectivity index (χ1v) is 14.0. The molecule has 0 aromatic heterocycles. The van der Waals surface area contributed by atoms with E-state index in [1.54, 1.807) is 0 Å². The standard InChI is InChI=1S/C28H48O7/c1-5-32-18-34-21-9-12-25(3)20(17-21)7-8-23-22(25)10-13-26(4)27(31,14-11-24(29)30)15-16-28(23,26)35-19-33-6-2/h20-23,31H,5-19H2,1-4H3,(H,29,30)/t20-,21+,22+,23-,25+,26-,27?,28-/m1/s1. The SMILES string of the molecule is CCOCO[C@H]1CC[C@@]2(C)[C@H](CC[C@@H]3[C@@H]2CC[C@]2(C)C(O)(CCC(=O)O)CC[C@@]32OCOCC)C1. The maximum atomic E-state index is 11.9. The van der Waals surface area contributed by atoms with E-state index in [2.05, 4.69) is 13.8 Å². The van der Waals surface area contributed by atoms with Gasteiger partial charge in [-0.25, -0.2) is 0 Å². The number of carbonyl (C=O) groups is 1. The second-order valence-corrected chi connectivity index (χ2v) is 12.1. The minimum atomic E-state index is -1.02. The van der Waals surface area contributed by atoms with Crippen molar-refractivity contribution < 1.29 is 34.0 Å². The summed E-state index contributed by atoms with van der Waals surface area (Å²) in [5, 5.41) is 21.3. The molecule has 4 saturated carbocycles. The molecule has 4 fully saturated rings. The van der Waals surface area contributed by atoms with Crippen LogP contribution in [0.5, 0.6) is 0 Å². The maximum absolute atomic E-state index is 11.9. The molecule has 7 nitrogen and oxygen atoms in total. The quantitative estimate of drug-likeness (QED) is 0.302. The first kappa shape index (κ1) is 27.3. The van der Waals surface area contributed by atoms with Crippen LogP contribution in [0.15, 0.2) is 0 Å². The molecule has 8 atom stereocenters. The van der Waals surface area contributed by atoms with Crippen molar-refractivity contribution in [2.75, 3.05) is 26.8 Å². The van der Waals surface area contributed by atoms with E-state index in [1.807, 2.05) is 13.8 Å². The second-order valence-electron chi connectivity index (χ2n) is 12.1. The van der Waals surface area contributed by atoms with Gasteiger partial charge < -0.3 is 29.2 Å². The highest BCUT2D eigenvalue weighted by atomic mass is 16.7. The molecule has 0 aromatic carbocycles. The van der Waals surface area contributed by atoms with Gasteiger partial charge in [-0.2, -0.15) is 0 Å². The first-order valence-electron chi connectivity index (χ1n) is 14.0. The topological polar surface area (TPSA) is 94.5 Å². The lowest BCUT2D eigenvalue weighted by molar-refractivity contribution is -0.280. The molecule has 0 spiro atoms. The Labute approximate surface area is 211 Å². The molecule has 4 rings (SSSR count). The third kappa shape index (κ3) is 4.58. The number of hydrogen-bond acceptors (Lipinski definition) is 6. The molecule has 7 heteroatoms. The molecule has 1 unspecified atom stereocenters. The van der Waals surface area contributed by atoms with Crippen LogP contribution in [0, 0.1) is 28.6 Å². The van der Waals surface area contributed by atoms with Gasteiger partial charge in [0.05, 0.1) is 17.3 Å². The smallest absolute Gasteiger partial charge is 0.303 e. The van der Waals surface area contributed by atoms with E-state index in [0.29, 0.717) is 44.2 Å². The zero-order valence-corrected chi connectivity index (χ0v) is 22.4. The number of ether oxygens (including phenoxy) is 4. The number of aliphatic carboxylic acids is 1. The number of carboxylic acid groups (broad SMARTS) is 1. The minimum Gasteiger partial charge on any atom is -0.481 e. The molecule has 0 aromatic rings. The Bertz CT molecular complexity index is 745. The average molecular weight is 497 g/mol. The Morgan fingerprint density at radius 1 is 0.914 bits per heavy atom. The van der Waals surface area contributed by atoms with E-state index in [1.165, 1.54) is 0 Å². The van der Waals surface area contributed by atoms with Crippen molar-refractivity contribution in [3.8, 4) is 0 Å². The minimum absolute atomic E-state index is 0.00928. The molecule has 2 N–H and O–H groups in total. The number of carboxylic acids is 1. The van der Waals surface area contributed by atoms with E-state index in [9.17, 15) is 15.0 Å². The van der Waals surface area contributed by atoms with Crippen molar-refractivity contribution in [3.63, 3.8) is 0 Å². The molecular formula is C28H48O7. The predicted octanol–water partition coefficient (Wildman–Crippen LogP) is 5.14. The van der Waals surface area contributed by atoms with Gasteiger partial charge in [-0.3, -0.25) is 4.79 Å². The highest BCUT2D eigenvalue weighted by Crippen LogP contribution is 2.71. The molecule has 4 aliphatic rings. The zero-order valence-electron chi connectivity index (χ0n) is 22.4. The van der Waals surface area contributed by atoms with Crippen LogP contribution in [0.3, 0.4) is 0 Å². The van der Waals surface area contributed by atoms with Crippen molar-refractivity contribution in [1.82, 2.24) is 0 Å².